The van der Waals surface area contributed by atoms with E-state index in [2.05, 4.69) is 11.1 Å². The van der Waals surface area contributed by atoms with Crippen molar-refractivity contribution in [2.75, 3.05) is 0 Å². The molecule has 0 fully saturated rings. The van der Waals surface area contributed by atoms with Crippen LogP contribution in [0.25, 0.3) is 32.8 Å². The van der Waals surface area contributed by atoms with E-state index in [0.717, 1.165) is 16.2 Å². The molecule has 5 rings (SSSR count). The molecule has 4 aromatic rings. The van der Waals surface area contributed by atoms with E-state index in [4.69, 9.17) is 0 Å². The van der Waals surface area contributed by atoms with Crippen LogP contribution < -0.4 is 0 Å². The molecule has 0 N–H and O–H groups in total. The van der Waals surface area contributed by atoms with Gasteiger partial charge in [-0.15, -0.1) is 29.8 Å². The van der Waals surface area contributed by atoms with E-state index < -0.39 is 9.84 Å². The average Bonchev–Trinajstić information content (AvgIpc) is 2.59. The number of benzene rings is 3. The first-order chi connectivity index (χ1) is 11.2. The van der Waals surface area contributed by atoms with Crippen molar-refractivity contribution in [3.05, 3.63) is 66.9 Å². The number of rotatable bonds is 0. The summed E-state index contributed by atoms with van der Waals surface area (Å²) in [4.78, 5) is 5.07. The fourth-order valence-corrected chi connectivity index (χ4v) is 5.04. The van der Waals surface area contributed by atoms with E-state index in [9.17, 15) is 8.42 Å². The molecule has 0 bridgehead atoms. The maximum absolute atomic E-state index is 13.1. The molecule has 1 radical (unpaired) electrons. The minimum atomic E-state index is -3.57. The predicted molar refractivity (Wildman–Crippen MR) is 89.0 cm³/mol. The smallest absolute Gasteiger partial charge is 0.172 e. The summed E-state index contributed by atoms with van der Waals surface area (Å²) < 4.78 is 26.2. The summed E-state index contributed by atoms with van der Waals surface area (Å²) in [6.45, 7) is 0. The van der Waals surface area contributed by atoms with Crippen LogP contribution in [0.4, 0.5) is 0 Å². The van der Waals surface area contributed by atoms with Gasteiger partial charge in [-0.2, -0.15) is 0 Å². The second-order valence-electron chi connectivity index (χ2n) is 5.59. The summed E-state index contributed by atoms with van der Waals surface area (Å²) >= 11 is 0. The SMILES string of the molecule is O=S1(=O)c2ccc[c-]c2-c2nccc3c2c1cc1ccccc13.[Ir]. The molecule has 1 aliphatic rings. The molecule has 24 heavy (non-hydrogen) atoms. The summed E-state index contributed by atoms with van der Waals surface area (Å²) in [6, 6.07) is 19.6. The van der Waals surface area contributed by atoms with Crippen LogP contribution in [0, 0.1) is 6.07 Å². The fourth-order valence-electron chi connectivity index (χ4n) is 3.37. The van der Waals surface area contributed by atoms with Gasteiger partial charge in [-0.1, -0.05) is 24.3 Å². The molecule has 3 aromatic carbocycles. The molecule has 0 unspecified atom stereocenters. The maximum Gasteiger partial charge on any atom is 0.172 e. The Kier molecular flexibility index (Phi) is 3.36. The second-order valence-corrected chi connectivity index (χ2v) is 7.48. The third-order valence-corrected chi connectivity index (χ3v) is 6.19. The van der Waals surface area contributed by atoms with Crippen molar-refractivity contribution >= 4 is 31.4 Å². The van der Waals surface area contributed by atoms with Gasteiger partial charge in [-0.05, 0) is 44.3 Å². The van der Waals surface area contributed by atoms with Crippen molar-refractivity contribution in [3.8, 4) is 11.3 Å². The van der Waals surface area contributed by atoms with Crippen LogP contribution in [0.2, 0.25) is 0 Å². The largest absolute Gasteiger partial charge is 0.304 e. The first-order valence-corrected chi connectivity index (χ1v) is 8.73. The van der Waals surface area contributed by atoms with Crippen molar-refractivity contribution in [2.45, 2.75) is 9.79 Å². The topological polar surface area (TPSA) is 47.0 Å². The monoisotopic (exact) mass is 509 g/mol. The van der Waals surface area contributed by atoms with E-state index in [-0.39, 0.29) is 25.0 Å². The van der Waals surface area contributed by atoms with Gasteiger partial charge < -0.3 is 4.98 Å². The van der Waals surface area contributed by atoms with Crippen LogP contribution in [-0.2, 0) is 29.9 Å². The Morgan fingerprint density at radius 3 is 2.62 bits per heavy atom. The van der Waals surface area contributed by atoms with Gasteiger partial charge in [0.15, 0.2) is 9.84 Å². The zero-order chi connectivity index (χ0) is 15.6. The van der Waals surface area contributed by atoms with Gasteiger partial charge in [-0.25, -0.2) is 8.42 Å². The standard InChI is InChI=1S/C19H10NO2S.Ir/c21-23(22)16-8-4-3-7-15(16)19-18-14(9-10-20-19)13-6-2-1-5-12(13)11-17(18)23;/h1-6,8-11H;/q-1;. The summed E-state index contributed by atoms with van der Waals surface area (Å²) in [7, 11) is -3.57. The molecule has 0 aliphatic carbocycles. The molecule has 5 heteroatoms. The number of sulfone groups is 1. The van der Waals surface area contributed by atoms with Gasteiger partial charge >= 0.3 is 0 Å². The van der Waals surface area contributed by atoms with Gasteiger partial charge in [0.05, 0.1) is 4.90 Å². The van der Waals surface area contributed by atoms with Crippen molar-refractivity contribution in [1.29, 1.82) is 0 Å². The summed E-state index contributed by atoms with van der Waals surface area (Å²) in [5.41, 5.74) is 1.24. The summed E-state index contributed by atoms with van der Waals surface area (Å²) in [5.74, 6) is 0. The predicted octanol–water partition coefficient (Wildman–Crippen LogP) is 4.00. The van der Waals surface area contributed by atoms with Crippen LogP contribution in [-0.4, -0.2) is 13.4 Å². The van der Waals surface area contributed by atoms with Crippen molar-refractivity contribution in [1.82, 2.24) is 4.98 Å². The number of aromatic nitrogens is 1. The van der Waals surface area contributed by atoms with Crippen LogP contribution in [0.15, 0.2) is 70.6 Å². The average molecular weight is 509 g/mol. The fraction of sp³-hybridized carbons (Fsp3) is 0. The van der Waals surface area contributed by atoms with Crippen LogP contribution in [0.5, 0.6) is 0 Å². The number of nitrogens with zero attached hydrogens (tertiary/aromatic N) is 1. The normalized spacial score (nSPS) is 14.2. The van der Waals surface area contributed by atoms with Crippen LogP contribution in [0.1, 0.15) is 0 Å². The Morgan fingerprint density at radius 1 is 0.917 bits per heavy atom. The molecule has 2 heterocycles. The van der Waals surface area contributed by atoms with E-state index in [1.165, 1.54) is 0 Å². The molecule has 119 valence electrons. The molecule has 0 spiro atoms. The van der Waals surface area contributed by atoms with E-state index >= 15 is 0 Å². The maximum atomic E-state index is 13.1. The van der Waals surface area contributed by atoms with Gasteiger partial charge in [-0.3, -0.25) is 0 Å². The number of fused-ring (bicyclic) bond motifs is 4. The summed E-state index contributed by atoms with van der Waals surface area (Å²) in [6.07, 6.45) is 1.73. The minimum Gasteiger partial charge on any atom is -0.304 e. The van der Waals surface area contributed by atoms with Gasteiger partial charge in [0.25, 0.3) is 0 Å². The zero-order valence-electron chi connectivity index (χ0n) is 12.3. The zero-order valence-corrected chi connectivity index (χ0v) is 15.5. The van der Waals surface area contributed by atoms with Crippen molar-refractivity contribution < 1.29 is 28.5 Å². The second kappa shape index (κ2) is 5.21. The molecule has 1 aliphatic heterocycles. The molecule has 3 nitrogen and oxygen atoms in total. The Labute approximate surface area is 152 Å². The molecule has 0 saturated heterocycles. The van der Waals surface area contributed by atoms with Crippen molar-refractivity contribution in [2.24, 2.45) is 0 Å². The minimum absolute atomic E-state index is 0. The molecular weight excluding hydrogens is 498 g/mol. The number of hydrogen-bond acceptors (Lipinski definition) is 3. The van der Waals surface area contributed by atoms with Gasteiger partial charge in [0.2, 0.25) is 0 Å². The van der Waals surface area contributed by atoms with Gasteiger partial charge in [0, 0.05) is 26.3 Å². The molecule has 0 saturated carbocycles. The quantitative estimate of drug-likeness (QED) is 0.235. The summed E-state index contributed by atoms with van der Waals surface area (Å²) in [5, 5.41) is 3.55. The first-order valence-electron chi connectivity index (χ1n) is 7.24. The van der Waals surface area contributed by atoms with E-state index in [1.54, 1.807) is 30.5 Å². The molecule has 0 atom stereocenters. The first kappa shape index (κ1) is 15.5. The number of hydrogen-bond donors (Lipinski definition) is 0. The number of pyridine rings is 1. The molecule has 1 aromatic heterocycles. The van der Waals surface area contributed by atoms with Crippen molar-refractivity contribution in [3.63, 3.8) is 0 Å². The molecule has 0 amide bonds. The Bertz CT molecular complexity index is 1230. The van der Waals surface area contributed by atoms with Crippen LogP contribution >= 0.6 is 0 Å². The van der Waals surface area contributed by atoms with E-state index in [0.29, 0.717) is 21.5 Å². The third-order valence-electron chi connectivity index (χ3n) is 4.37. The Morgan fingerprint density at radius 2 is 1.75 bits per heavy atom. The Hall–Kier alpha value is -2.07. The third kappa shape index (κ3) is 1.86. The van der Waals surface area contributed by atoms with E-state index in [1.807, 2.05) is 30.3 Å². The van der Waals surface area contributed by atoms with Crippen LogP contribution in [0.3, 0.4) is 0 Å². The Balaban J connectivity index is 0.00000146. The van der Waals surface area contributed by atoms with Gasteiger partial charge in [0.1, 0.15) is 0 Å². The molecular formula is C19H10IrNO2S-.